The molecule has 0 aliphatic carbocycles. The van der Waals surface area contributed by atoms with Crippen molar-refractivity contribution >= 4 is 5.97 Å². The zero-order valence-corrected chi connectivity index (χ0v) is 8.69. The second kappa shape index (κ2) is 4.94. The van der Waals surface area contributed by atoms with E-state index in [1.807, 2.05) is 30.3 Å². The minimum atomic E-state index is -0.0728. The molecule has 3 nitrogen and oxygen atoms in total. The van der Waals surface area contributed by atoms with Gasteiger partial charge in [0.2, 0.25) is 0 Å². The number of esters is 1. The van der Waals surface area contributed by atoms with E-state index in [0.717, 1.165) is 24.9 Å². The molecule has 1 unspecified atom stereocenters. The molecule has 80 valence electrons. The van der Waals surface area contributed by atoms with Gasteiger partial charge in [-0.25, -0.2) is 4.79 Å². The van der Waals surface area contributed by atoms with Crippen molar-refractivity contribution in [2.75, 3.05) is 6.54 Å². The average molecular weight is 206 g/mol. The van der Waals surface area contributed by atoms with Gasteiger partial charge in [-0.05, 0) is 5.56 Å². The summed E-state index contributed by atoms with van der Waals surface area (Å²) in [6, 6.07) is 9.82. The zero-order valence-electron chi connectivity index (χ0n) is 8.69. The summed E-state index contributed by atoms with van der Waals surface area (Å²) in [6.45, 7) is 1.44. The van der Waals surface area contributed by atoms with Crippen LogP contribution in [0.15, 0.2) is 30.3 Å². The fraction of sp³-hybridized carbons (Fsp3) is 0.417. The van der Waals surface area contributed by atoms with Crippen molar-refractivity contribution in [1.29, 1.82) is 0 Å². The number of benzene rings is 1. The summed E-state index contributed by atoms with van der Waals surface area (Å²) >= 11 is 0. The van der Waals surface area contributed by atoms with E-state index < -0.39 is 0 Å². The number of carbonyl (C=O) groups excluding carboxylic acids is 1. The highest BCUT2D eigenvalue weighted by Gasteiger charge is 2.27. The number of carbonyl (C=O) groups is 1. The van der Waals surface area contributed by atoms with Crippen molar-refractivity contribution in [3.05, 3.63) is 35.9 Å². The first kappa shape index (κ1) is 10.2. The molecule has 1 saturated heterocycles. The van der Waals surface area contributed by atoms with Gasteiger partial charge in [-0.15, -0.1) is 0 Å². The molecule has 1 aromatic rings. The molecule has 0 amide bonds. The summed E-state index contributed by atoms with van der Waals surface area (Å²) in [6.07, 6.45) is 2.07. The minimum Gasteiger partial charge on any atom is -0.456 e. The Bertz CT molecular complexity index is 318. The monoisotopic (exact) mass is 206 g/mol. The molecule has 2 N–H and O–H groups in total. The van der Waals surface area contributed by atoms with Crippen LogP contribution in [-0.4, -0.2) is 18.6 Å². The number of hydrogen-bond donors (Lipinski definition) is 1. The Morgan fingerprint density at radius 1 is 1.40 bits per heavy atom. The van der Waals surface area contributed by atoms with Crippen molar-refractivity contribution < 1.29 is 14.8 Å². The molecular formula is C12H16NO2+. The van der Waals surface area contributed by atoms with Gasteiger partial charge in [0.05, 0.1) is 6.54 Å². The van der Waals surface area contributed by atoms with Crippen LogP contribution in [0.3, 0.4) is 0 Å². The maximum Gasteiger partial charge on any atom is 0.365 e. The Morgan fingerprint density at radius 2 is 2.20 bits per heavy atom. The molecule has 1 aliphatic heterocycles. The predicted octanol–water partition coefficient (Wildman–Crippen LogP) is 0.456. The van der Waals surface area contributed by atoms with E-state index in [1.54, 1.807) is 0 Å². The van der Waals surface area contributed by atoms with Crippen LogP contribution in [0.4, 0.5) is 0 Å². The van der Waals surface area contributed by atoms with E-state index >= 15 is 0 Å². The molecule has 1 aliphatic rings. The van der Waals surface area contributed by atoms with Crippen LogP contribution < -0.4 is 5.32 Å². The number of quaternary nitrogens is 1. The molecule has 15 heavy (non-hydrogen) atoms. The van der Waals surface area contributed by atoms with Crippen LogP contribution in [-0.2, 0) is 16.1 Å². The molecule has 1 fully saturated rings. The van der Waals surface area contributed by atoms with Gasteiger partial charge in [0.25, 0.3) is 0 Å². The quantitative estimate of drug-likeness (QED) is 0.730. The lowest BCUT2D eigenvalue weighted by molar-refractivity contribution is -0.659. The standard InChI is InChI=1S/C12H15NO2/c14-12(11-7-4-8-13-11)15-9-10-5-2-1-3-6-10/h1-3,5-6,11,13H,4,7-9H2/p+1. The topological polar surface area (TPSA) is 42.9 Å². The molecule has 0 aromatic heterocycles. The molecule has 1 atom stereocenters. The molecule has 1 heterocycles. The fourth-order valence-corrected chi connectivity index (χ4v) is 1.82. The summed E-state index contributed by atoms with van der Waals surface area (Å²) < 4.78 is 5.24. The number of rotatable bonds is 3. The normalized spacial score (nSPS) is 20.1. The molecule has 2 rings (SSSR count). The van der Waals surface area contributed by atoms with Gasteiger partial charge in [-0.1, -0.05) is 30.3 Å². The molecule has 0 bridgehead atoms. The fourth-order valence-electron chi connectivity index (χ4n) is 1.82. The summed E-state index contributed by atoms with van der Waals surface area (Å²) in [7, 11) is 0. The van der Waals surface area contributed by atoms with Gasteiger partial charge in [0, 0.05) is 12.8 Å². The highest BCUT2D eigenvalue weighted by molar-refractivity contribution is 5.74. The smallest absolute Gasteiger partial charge is 0.365 e. The molecular weight excluding hydrogens is 190 g/mol. The van der Waals surface area contributed by atoms with E-state index in [-0.39, 0.29) is 12.0 Å². The minimum absolute atomic E-state index is 0.0358. The Hall–Kier alpha value is -1.35. The van der Waals surface area contributed by atoms with E-state index in [9.17, 15) is 4.79 Å². The first-order valence-electron chi connectivity index (χ1n) is 5.40. The van der Waals surface area contributed by atoms with Crippen molar-refractivity contribution in [2.45, 2.75) is 25.5 Å². The van der Waals surface area contributed by atoms with Crippen molar-refractivity contribution in [1.82, 2.24) is 0 Å². The largest absolute Gasteiger partial charge is 0.456 e. The van der Waals surface area contributed by atoms with Gasteiger partial charge in [0.1, 0.15) is 6.61 Å². The highest BCUT2D eigenvalue weighted by atomic mass is 16.5. The summed E-state index contributed by atoms with van der Waals surface area (Å²) in [4.78, 5) is 11.6. The van der Waals surface area contributed by atoms with E-state index in [4.69, 9.17) is 4.74 Å². The average Bonchev–Trinajstić information content (AvgIpc) is 2.81. The Kier molecular flexibility index (Phi) is 3.35. The second-order valence-corrected chi connectivity index (χ2v) is 3.87. The Morgan fingerprint density at radius 3 is 2.87 bits per heavy atom. The lowest BCUT2D eigenvalue weighted by Crippen LogP contribution is -2.88. The molecule has 0 spiro atoms. The number of hydrogen-bond acceptors (Lipinski definition) is 2. The molecule has 0 saturated carbocycles. The van der Waals surface area contributed by atoms with Crippen LogP contribution in [0.5, 0.6) is 0 Å². The number of ether oxygens (including phenoxy) is 1. The second-order valence-electron chi connectivity index (χ2n) is 3.87. The van der Waals surface area contributed by atoms with Gasteiger partial charge in [-0.2, -0.15) is 0 Å². The molecule has 1 aromatic carbocycles. The van der Waals surface area contributed by atoms with E-state index in [2.05, 4.69) is 5.32 Å². The highest BCUT2D eigenvalue weighted by Crippen LogP contribution is 2.04. The SMILES string of the molecule is O=C(OCc1ccccc1)C1CCC[NH2+]1. The Balaban J connectivity index is 1.80. The van der Waals surface area contributed by atoms with Crippen molar-refractivity contribution in [2.24, 2.45) is 0 Å². The third kappa shape index (κ3) is 2.80. The van der Waals surface area contributed by atoms with Crippen molar-refractivity contribution in [3.8, 4) is 0 Å². The first-order valence-corrected chi connectivity index (χ1v) is 5.40. The van der Waals surface area contributed by atoms with Crippen LogP contribution in [0.2, 0.25) is 0 Å². The van der Waals surface area contributed by atoms with Gasteiger partial charge in [-0.3, -0.25) is 0 Å². The number of nitrogens with two attached hydrogens (primary N) is 1. The van der Waals surface area contributed by atoms with E-state index in [0.29, 0.717) is 6.61 Å². The van der Waals surface area contributed by atoms with Gasteiger partial charge in [0.15, 0.2) is 6.04 Å². The van der Waals surface area contributed by atoms with Crippen LogP contribution in [0.25, 0.3) is 0 Å². The lowest BCUT2D eigenvalue weighted by atomic mass is 10.2. The molecule has 3 heteroatoms. The summed E-state index contributed by atoms with van der Waals surface area (Å²) in [5, 5.41) is 2.06. The van der Waals surface area contributed by atoms with Gasteiger partial charge < -0.3 is 10.1 Å². The van der Waals surface area contributed by atoms with Crippen molar-refractivity contribution in [3.63, 3.8) is 0 Å². The van der Waals surface area contributed by atoms with Crippen LogP contribution in [0, 0.1) is 0 Å². The molecule has 0 radical (unpaired) electrons. The lowest BCUT2D eigenvalue weighted by Gasteiger charge is -2.07. The first-order chi connectivity index (χ1) is 7.36. The summed E-state index contributed by atoms with van der Waals surface area (Å²) in [5.41, 5.74) is 1.05. The van der Waals surface area contributed by atoms with Crippen LogP contribution >= 0.6 is 0 Å². The summed E-state index contributed by atoms with van der Waals surface area (Å²) in [5.74, 6) is -0.0728. The maximum absolute atomic E-state index is 11.6. The Labute approximate surface area is 89.4 Å². The maximum atomic E-state index is 11.6. The van der Waals surface area contributed by atoms with Gasteiger partial charge >= 0.3 is 5.97 Å². The third-order valence-corrected chi connectivity index (χ3v) is 2.70. The zero-order chi connectivity index (χ0) is 10.5. The third-order valence-electron chi connectivity index (χ3n) is 2.70. The predicted molar refractivity (Wildman–Crippen MR) is 56.1 cm³/mol. The van der Waals surface area contributed by atoms with Crippen LogP contribution in [0.1, 0.15) is 18.4 Å². The van der Waals surface area contributed by atoms with E-state index in [1.165, 1.54) is 0 Å².